The van der Waals surface area contributed by atoms with Crippen molar-refractivity contribution in [2.24, 2.45) is 0 Å². The largest absolute Gasteiger partial charge is 0.380 e. The molecular formula is C14H8BrF2N3O. The van der Waals surface area contributed by atoms with Gasteiger partial charge in [0.15, 0.2) is 11.6 Å². The van der Waals surface area contributed by atoms with Crippen molar-refractivity contribution in [3.63, 3.8) is 0 Å². The quantitative estimate of drug-likeness (QED) is 0.756. The van der Waals surface area contributed by atoms with Crippen molar-refractivity contribution in [2.75, 3.05) is 5.73 Å². The number of pyridine rings is 1. The van der Waals surface area contributed by atoms with E-state index in [2.05, 4.69) is 26.1 Å². The summed E-state index contributed by atoms with van der Waals surface area (Å²) in [6.45, 7) is 0. The van der Waals surface area contributed by atoms with Crippen molar-refractivity contribution < 1.29 is 13.3 Å². The van der Waals surface area contributed by atoms with Crippen molar-refractivity contribution in [1.29, 1.82) is 0 Å². The summed E-state index contributed by atoms with van der Waals surface area (Å²) >= 11 is 3.03. The smallest absolute Gasteiger partial charge is 0.182 e. The second-order valence-corrected chi connectivity index (χ2v) is 5.17. The maximum atomic E-state index is 14.1. The van der Waals surface area contributed by atoms with Crippen LogP contribution in [0.1, 0.15) is 0 Å². The van der Waals surface area contributed by atoms with E-state index in [1.54, 1.807) is 18.3 Å². The number of rotatable bonds is 2. The summed E-state index contributed by atoms with van der Waals surface area (Å²) < 4.78 is 33.5. The summed E-state index contributed by atoms with van der Waals surface area (Å²) in [5.41, 5.74) is 6.31. The third kappa shape index (κ3) is 2.40. The lowest BCUT2D eigenvalue weighted by molar-refractivity contribution is 0.430. The van der Waals surface area contributed by atoms with Gasteiger partial charge in [-0.3, -0.25) is 4.98 Å². The van der Waals surface area contributed by atoms with Crippen molar-refractivity contribution in [2.45, 2.75) is 0 Å². The fourth-order valence-electron chi connectivity index (χ4n) is 2.02. The molecule has 0 fully saturated rings. The first-order valence-electron chi connectivity index (χ1n) is 5.88. The molecule has 21 heavy (non-hydrogen) atoms. The molecule has 7 heteroatoms. The molecular weight excluding hydrogens is 344 g/mol. The third-order valence-electron chi connectivity index (χ3n) is 2.90. The standard InChI is InChI=1S/C14H8BrF2N3O/c15-8-4-9(16)12(10(17)5-8)13-11(14(18)20-21-13)7-2-1-3-19-6-7/h1-6H,(H2,18,20). The molecule has 0 atom stereocenters. The van der Waals surface area contributed by atoms with E-state index in [4.69, 9.17) is 10.3 Å². The number of hydrogen-bond donors (Lipinski definition) is 1. The minimum absolute atomic E-state index is 0.0414. The Bertz CT molecular complexity index is 782. The van der Waals surface area contributed by atoms with Gasteiger partial charge in [-0.1, -0.05) is 27.2 Å². The molecule has 0 unspecified atom stereocenters. The maximum Gasteiger partial charge on any atom is 0.182 e. The number of hydrogen-bond acceptors (Lipinski definition) is 4. The van der Waals surface area contributed by atoms with Gasteiger partial charge in [0, 0.05) is 22.4 Å². The lowest BCUT2D eigenvalue weighted by Crippen LogP contribution is -1.93. The van der Waals surface area contributed by atoms with E-state index in [0.717, 1.165) is 12.1 Å². The molecule has 2 heterocycles. The van der Waals surface area contributed by atoms with Gasteiger partial charge in [-0.2, -0.15) is 0 Å². The lowest BCUT2D eigenvalue weighted by atomic mass is 10.0. The molecule has 0 saturated carbocycles. The van der Waals surface area contributed by atoms with Crippen LogP contribution < -0.4 is 5.73 Å². The van der Waals surface area contributed by atoms with Gasteiger partial charge in [-0.25, -0.2) is 8.78 Å². The second kappa shape index (κ2) is 5.25. The Labute approximate surface area is 126 Å². The summed E-state index contributed by atoms with van der Waals surface area (Å²) in [7, 11) is 0. The van der Waals surface area contributed by atoms with Crippen molar-refractivity contribution >= 4 is 21.7 Å². The first-order valence-corrected chi connectivity index (χ1v) is 6.67. The maximum absolute atomic E-state index is 14.1. The minimum atomic E-state index is -0.775. The van der Waals surface area contributed by atoms with E-state index in [1.165, 1.54) is 6.20 Å². The molecule has 3 aromatic rings. The van der Waals surface area contributed by atoms with Crippen LogP contribution in [0, 0.1) is 11.6 Å². The SMILES string of the molecule is Nc1noc(-c2c(F)cc(Br)cc2F)c1-c1cccnc1. The van der Waals surface area contributed by atoms with Crippen LogP contribution in [-0.2, 0) is 0 Å². The van der Waals surface area contributed by atoms with Crippen LogP contribution >= 0.6 is 15.9 Å². The number of anilines is 1. The minimum Gasteiger partial charge on any atom is -0.380 e. The first-order chi connectivity index (χ1) is 10.1. The molecule has 1 aromatic carbocycles. The molecule has 0 aliphatic heterocycles. The normalized spacial score (nSPS) is 10.8. The Morgan fingerprint density at radius 1 is 1.14 bits per heavy atom. The highest BCUT2D eigenvalue weighted by atomic mass is 79.9. The van der Waals surface area contributed by atoms with Gasteiger partial charge in [0.25, 0.3) is 0 Å². The van der Waals surface area contributed by atoms with Crippen LogP contribution in [0.4, 0.5) is 14.6 Å². The predicted octanol–water partition coefficient (Wildman–Crippen LogP) is 4.03. The molecule has 106 valence electrons. The van der Waals surface area contributed by atoms with Crippen LogP contribution in [-0.4, -0.2) is 10.1 Å². The summed E-state index contributed by atoms with van der Waals surface area (Å²) in [6.07, 6.45) is 3.09. The van der Waals surface area contributed by atoms with Crippen molar-refractivity contribution in [1.82, 2.24) is 10.1 Å². The van der Waals surface area contributed by atoms with Crippen LogP contribution in [0.3, 0.4) is 0 Å². The van der Waals surface area contributed by atoms with Gasteiger partial charge in [0.05, 0.1) is 11.1 Å². The molecule has 3 rings (SSSR count). The zero-order valence-electron chi connectivity index (χ0n) is 10.5. The van der Waals surface area contributed by atoms with Gasteiger partial charge in [0.1, 0.15) is 11.6 Å². The number of nitrogen functional groups attached to an aromatic ring is 1. The summed E-state index contributed by atoms with van der Waals surface area (Å²) in [5.74, 6) is -1.57. The Morgan fingerprint density at radius 3 is 2.48 bits per heavy atom. The van der Waals surface area contributed by atoms with E-state index in [9.17, 15) is 8.78 Å². The van der Waals surface area contributed by atoms with Crippen molar-refractivity contribution in [3.8, 4) is 22.5 Å². The van der Waals surface area contributed by atoms with E-state index in [1.807, 2.05) is 0 Å². The Balaban J connectivity index is 2.27. The Hall–Kier alpha value is -2.28. The number of halogens is 3. The molecule has 0 bridgehead atoms. The third-order valence-corrected chi connectivity index (χ3v) is 3.36. The molecule has 0 amide bonds. The number of nitrogens with zero attached hydrogens (tertiary/aromatic N) is 2. The average Bonchev–Trinajstić information content (AvgIpc) is 2.80. The van der Waals surface area contributed by atoms with Crippen LogP contribution in [0.15, 0.2) is 45.7 Å². The van der Waals surface area contributed by atoms with Crippen LogP contribution in [0.5, 0.6) is 0 Å². The number of nitrogens with two attached hydrogens (primary N) is 1. The van der Waals surface area contributed by atoms with E-state index < -0.39 is 11.6 Å². The molecule has 0 aliphatic carbocycles. The molecule has 0 spiro atoms. The molecule has 0 radical (unpaired) electrons. The first kappa shape index (κ1) is 13.7. The highest BCUT2D eigenvalue weighted by Gasteiger charge is 2.24. The fraction of sp³-hybridized carbons (Fsp3) is 0. The van der Waals surface area contributed by atoms with Gasteiger partial charge < -0.3 is 10.3 Å². The van der Waals surface area contributed by atoms with Crippen molar-refractivity contribution in [3.05, 3.63) is 52.8 Å². The summed E-state index contributed by atoms with van der Waals surface area (Å²) in [6, 6.07) is 5.67. The molecule has 2 aromatic heterocycles. The monoisotopic (exact) mass is 351 g/mol. The topological polar surface area (TPSA) is 64.9 Å². The highest BCUT2D eigenvalue weighted by Crippen LogP contribution is 2.39. The van der Waals surface area contributed by atoms with Gasteiger partial charge in [-0.15, -0.1) is 0 Å². The number of benzene rings is 1. The average molecular weight is 352 g/mol. The molecule has 4 nitrogen and oxygen atoms in total. The predicted molar refractivity (Wildman–Crippen MR) is 77.2 cm³/mol. The zero-order chi connectivity index (χ0) is 15.0. The summed E-state index contributed by atoms with van der Waals surface area (Å²) in [4.78, 5) is 3.96. The molecule has 0 aliphatic rings. The van der Waals surface area contributed by atoms with E-state index in [0.29, 0.717) is 11.1 Å². The molecule has 2 N–H and O–H groups in total. The lowest BCUT2D eigenvalue weighted by Gasteiger charge is -2.05. The van der Waals surface area contributed by atoms with E-state index in [-0.39, 0.29) is 21.6 Å². The van der Waals surface area contributed by atoms with Gasteiger partial charge >= 0.3 is 0 Å². The highest BCUT2D eigenvalue weighted by molar-refractivity contribution is 9.10. The van der Waals surface area contributed by atoms with Crippen LogP contribution in [0.25, 0.3) is 22.5 Å². The second-order valence-electron chi connectivity index (χ2n) is 4.26. The summed E-state index contributed by atoms with van der Waals surface area (Å²) in [5, 5.41) is 3.60. The van der Waals surface area contributed by atoms with Crippen LogP contribution in [0.2, 0.25) is 0 Å². The fourth-order valence-corrected chi connectivity index (χ4v) is 2.42. The Kier molecular flexibility index (Phi) is 3.42. The number of aromatic nitrogens is 2. The van der Waals surface area contributed by atoms with Gasteiger partial charge in [0.2, 0.25) is 0 Å². The Morgan fingerprint density at radius 2 is 1.86 bits per heavy atom. The van der Waals surface area contributed by atoms with E-state index >= 15 is 0 Å². The van der Waals surface area contributed by atoms with Gasteiger partial charge in [-0.05, 0) is 18.2 Å². The zero-order valence-corrected chi connectivity index (χ0v) is 12.1. The molecule has 0 saturated heterocycles.